The second-order valence-corrected chi connectivity index (χ2v) is 4.17. The number of rotatable bonds is 3. The van der Waals surface area contributed by atoms with Gasteiger partial charge in [0.05, 0.1) is 0 Å². The van der Waals surface area contributed by atoms with Crippen LogP contribution in [0.2, 0.25) is 0 Å². The lowest BCUT2D eigenvalue weighted by Crippen LogP contribution is -2.60. The monoisotopic (exact) mass is 246 g/mol. The van der Waals surface area contributed by atoms with Crippen LogP contribution in [-0.2, 0) is 14.4 Å². The molecule has 90 valence electrons. The fourth-order valence-electron chi connectivity index (χ4n) is 1.65. The standard InChI is InChI=1S/C10H15ClN2O3/c1-3-7-9(15)12-8(14)5-13(7)10(16)6(2)4-11/h6-7H,3-5H2,1-2H3,(H,12,14,15). The molecular formula is C10H15ClN2O3. The number of alkyl halides is 1. The number of nitrogens with one attached hydrogen (secondary N) is 1. The third kappa shape index (κ3) is 2.52. The molecule has 1 fully saturated rings. The van der Waals surface area contributed by atoms with E-state index in [0.29, 0.717) is 6.42 Å². The van der Waals surface area contributed by atoms with E-state index in [0.717, 1.165) is 0 Å². The minimum absolute atomic E-state index is 0.0652. The molecule has 3 amide bonds. The van der Waals surface area contributed by atoms with Gasteiger partial charge in [-0.2, -0.15) is 0 Å². The number of halogens is 1. The Labute approximate surface area is 99.1 Å². The Morgan fingerprint density at radius 1 is 1.62 bits per heavy atom. The molecule has 0 radical (unpaired) electrons. The number of hydrogen-bond acceptors (Lipinski definition) is 3. The fraction of sp³-hybridized carbons (Fsp3) is 0.700. The molecule has 0 bridgehead atoms. The summed E-state index contributed by atoms with van der Waals surface area (Å²) in [4.78, 5) is 35.9. The molecule has 0 aromatic heterocycles. The van der Waals surface area contributed by atoms with Crippen LogP contribution in [0.15, 0.2) is 0 Å². The molecule has 0 aromatic rings. The average molecular weight is 247 g/mol. The zero-order valence-electron chi connectivity index (χ0n) is 9.33. The third-order valence-corrected chi connectivity index (χ3v) is 3.04. The van der Waals surface area contributed by atoms with Crippen molar-refractivity contribution in [3.8, 4) is 0 Å². The van der Waals surface area contributed by atoms with Crippen LogP contribution < -0.4 is 5.32 Å². The van der Waals surface area contributed by atoms with Gasteiger partial charge in [-0.3, -0.25) is 19.7 Å². The van der Waals surface area contributed by atoms with E-state index < -0.39 is 17.9 Å². The lowest BCUT2D eigenvalue weighted by atomic mass is 10.1. The minimum atomic E-state index is -0.559. The summed E-state index contributed by atoms with van der Waals surface area (Å²) in [5, 5.41) is 2.22. The number of nitrogens with zero attached hydrogens (tertiary/aromatic N) is 1. The highest BCUT2D eigenvalue weighted by molar-refractivity contribution is 6.19. The zero-order chi connectivity index (χ0) is 12.3. The lowest BCUT2D eigenvalue weighted by molar-refractivity contribution is -0.151. The molecule has 1 N–H and O–H groups in total. The molecule has 1 aliphatic rings. The normalized spacial score (nSPS) is 22.9. The van der Waals surface area contributed by atoms with Gasteiger partial charge in [0.25, 0.3) is 0 Å². The van der Waals surface area contributed by atoms with E-state index in [1.807, 2.05) is 0 Å². The second kappa shape index (κ2) is 5.30. The van der Waals surface area contributed by atoms with Gasteiger partial charge in [-0.1, -0.05) is 13.8 Å². The molecule has 2 unspecified atom stereocenters. The molecule has 1 rings (SSSR count). The summed E-state index contributed by atoms with van der Waals surface area (Å²) in [6.07, 6.45) is 0.486. The highest BCUT2D eigenvalue weighted by Crippen LogP contribution is 2.14. The number of carbonyl (C=O) groups excluding carboxylic acids is 3. The van der Waals surface area contributed by atoms with Crippen molar-refractivity contribution < 1.29 is 14.4 Å². The topological polar surface area (TPSA) is 66.5 Å². The summed E-state index contributed by atoms with van der Waals surface area (Å²) < 4.78 is 0. The Bertz CT molecular complexity index is 319. The smallest absolute Gasteiger partial charge is 0.249 e. The summed E-state index contributed by atoms with van der Waals surface area (Å²) in [5.74, 6) is -1.29. The summed E-state index contributed by atoms with van der Waals surface area (Å²) in [5.41, 5.74) is 0. The van der Waals surface area contributed by atoms with Crippen molar-refractivity contribution in [3.63, 3.8) is 0 Å². The Hall–Kier alpha value is -1.10. The maximum Gasteiger partial charge on any atom is 0.249 e. The van der Waals surface area contributed by atoms with Crippen LogP contribution in [0.5, 0.6) is 0 Å². The molecular weight excluding hydrogens is 232 g/mol. The maximum atomic E-state index is 11.9. The van der Waals surface area contributed by atoms with E-state index in [9.17, 15) is 14.4 Å². The van der Waals surface area contributed by atoms with E-state index in [1.165, 1.54) is 4.90 Å². The Morgan fingerprint density at radius 3 is 2.75 bits per heavy atom. The third-order valence-electron chi connectivity index (χ3n) is 2.58. The molecule has 0 aromatic carbocycles. The van der Waals surface area contributed by atoms with Crippen molar-refractivity contribution in [2.24, 2.45) is 5.92 Å². The van der Waals surface area contributed by atoms with Gasteiger partial charge in [0.15, 0.2) is 0 Å². The van der Waals surface area contributed by atoms with Crippen molar-refractivity contribution >= 4 is 29.3 Å². The van der Waals surface area contributed by atoms with E-state index in [1.54, 1.807) is 13.8 Å². The van der Waals surface area contributed by atoms with Crippen molar-refractivity contribution in [1.82, 2.24) is 10.2 Å². The molecule has 0 saturated carbocycles. The van der Waals surface area contributed by atoms with Crippen LogP contribution in [0.3, 0.4) is 0 Å². The maximum absolute atomic E-state index is 11.9. The highest BCUT2D eigenvalue weighted by atomic mass is 35.5. The highest BCUT2D eigenvalue weighted by Gasteiger charge is 2.36. The molecule has 0 spiro atoms. The first-order valence-corrected chi connectivity index (χ1v) is 5.74. The first-order chi connectivity index (χ1) is 7.51. The zero-order valence-corrected chi connectivity index (χ0v) is 10.1. The lowest BCUT2D eigenvalue weighted by Gasteiger charge is -2.34. The predicted octanol–water partition coefficient (Wildman–Crippen LogP) is 0.125. The Balaban J connectivity index is 2.86. The minimum Gasteiger partial charge on any atom is -0.321 e. The van der Waals surface area contributed by atoms with Gasteiger partial charge in [0, 0.05) is 11.8 Å². The Morgan fingerprint density at radius 2 is 2.25 bits per heavy atom. The van der Waals surface area contributed by atoms with E-state index in [2.05, 4.69) is 5.32 Å². The van der Waals surface area contributed by atoms with Crippen LogP contribution in [0.1, 0.15) is 20.3 Å². The summed E-state index contributed by atoms with van der Waals surface area (Å²) in [6, 6.07) is -0.559. The first-order valence-electron chi connectivity index (χ1n) is 5.21. The van der Waals surface area contributed by atoms with E-state index in [4.69, 9.17) is 11.6 Å². The van der Waals surface area contributed by atoms with Gasteiger partial charge < -0.3 is 4.90 Å². The SMILES string of the molecule is CCC1C(=O)NC(=O)CN1C(=O)C(C)CCl. The largest absolute Gasteiger partial charge is 0.321 e. The van der Waals surface area contributed by atoms with Gasteiger partial charge >= 0.3 is 0 Å². The predicted molar refractivity (Wildman–Crippen MR) is 58.8 cm³/mol. The van der Waals surface area contributed by atoms with Crippen molar-refractivity contribution in [3.05, 3.63) is 0 Å². The van der Waals surface area contributed by atoms with E-state index >= 15 is 0 Å². The number of piperazine rings is 1. The van der Waals surface area contributed by atoms with Crippen molar-refractivity contribution in [1.29, 1.82) is 0 Å². The molecule has 1 saturated heterocycles. The second-order valence-electron chi connectivity index (χ2n) is 3.86. The van der Waals surface area contributed by atoms with Gasteiger partial charge in [0.1, 0.15) is 12.6 Å². The first kappa shape index (κ1) is 13.0. The van der Waals surface area contributed by atoms with E-state index in [-0.39, 0.29) is 24.2 Å². The number of carbonyl (C=O) groups is 3. The van der Waals surface area contributed by atoms with Crippen LogP contribution in [-0.4, -0.2) is 41.1 Å². The van der Waals surface area contributed by atoms with Crippen LogP contribution in [0, 0.1) is 5.92 Å². The Kier molecular flexibility index (Phi) is 4.29. The van der Waals surface area contributed by atoms with Gasteiger partial charge in [-0.05, 0) is 6.42 Å². The van der Waals surface area contributed by atoms with Crippen LogP contribution in [0.25, 0.3) is 0 Å². The number of amides is 3. The van der Waals surface area contributed by atoms with Gasteiger partial charge in [-0.15, -0.1) is 11.6 Å². The quantitative estimate of drug-likeness (QED) is 0.568. The molecule has 16 heavy (non-hydrogen) atoms. The summed E-state index contributed by atoms with van der Waals surface area (Å²) in [7, 11) is 0. The summed E-state index contributed by atoms with van der Waals surface area (Å²) in [6.45, 7) is 3.41. The molecule has 1 aliphatic heterocycles. The van der Waals surface area contributed by atoms with Crippen LogP contribution >= 0.6 is 11.6 Å². The average Bonchev–Trinajstić information content (AvgIpc) is 2.26. The molecule has 5 nitrogen and oxygen atoms in total. The number of hydrogen-bond donors (Lipinski definition) is 1. The summed E-state index contributed by atoms with van der Waals surface area (Å²) >= 11 is 5.60. The fourth-order valence-corrected chi connectivity index (χ4v) is 1.79. The molecule has 1 heterocycles. The molecule has 2 atom stereocenters. The van der Waals surface area contributed by atoms with Crippen molar-refractivity contribution in [2.45, 2.75) is 26.3 Å². The molecule has 6 heteroatoms. The van der Waals surface area contributed by atoms with Crippen LogP contribution in [0.4, 0.5) is 0 Å². The van der Waals surface area contributed by atoms with Gasteiger partial charge in [-0.25, -0.2) is 0 Å². The van der Waals surface area contributed by atoms with Gasteiger partial charge in [0.2, 0.25) is 17.7 Å². The van der Waals surface area contributed by atoms with Crippen molar-refractivity contribution in [2.75, 3.05) is 12.4 Å². The molecule has 0 aliphatic carbocycles. The number of imide groups is 1.